The second kappa shape index (κ2) is 11.0. The zero-order chi connectivity index (χ0) is 32.3. The minimum absolute atomic E-state index is 0.699. The molecule has 0 bridgehead atoms. The molecule has 0 N–H and O–H groups in total. The quantitative estimate of drug-likeness (QED) is 0.183. The van der Waals surface area contributed by atoms with E-state index in [0.717, 1.165) is 33.8 Å². The smallest absolute Gasteiger partial charge is 0.160 e. The van der Waals surface area contributed by atoms with Crippen LogP contribution in [0.4, 0.5) is 0 Å². The maximum absolute atomic E-state index is 5.15. The zero-order valence-electron chi connectivity index (χ0n) is 26.6. The molecule has 228 valence electrons. The molecule has 3 nitrogen and oxygen atoms in total. The van der Waals surface area contributed by atoms with Gasteiger partial charge in [0.25, 0.3) is 0 Å². The summed E-state index contributed by atoms with van der Waals surface area (Å²) in [7, 11) is 0. The van der Waals surface area contributed by atoms with Gasteiger partial charge in [0, 0.05) is 38.5 Å². The van der Waals surface area contributed by atoms with Crippen LogP contribution in [0.25, 0.3) is 93.7 Å². The molecule has 0 atom stereocenters. The largest absolute Gasteiger partial charge is 0.309 e. The lowest BCUT2D eigenvalue weighted by molar-refractivity contribution is 1.16. The van der Waals surface area contributed by atoms with Crippen LogP contribution >= 0.6 is 0 Å². The first-order chi connectivity index (χ1) is 24.3. The molecule has 49 heavy (non-hydrogen) atoms. The fourth-order valence-electron chi connectivity index (χ4n) is 7.59. The van der Waals surface area contributed by atoms with Crippen LogP contribution in [0.3, 0.4) is 0 Å². The van der Waals surface area contributed by atoms with Crippen molar-refractivity contribution in [2.75, 3.05) is 0 Å². The summed E-state index contributed by atoms with van der Waals surface area (Å²) in [5.41, 5.74) is 8.34. The van der Waals surface area contributed by atoms with E-state index in [-0.39, 0.29) is 0 Å². The van der Waals surface area contributed by atoms with E-state index in [1.807, 2.05) is 12.1 Å². The van der Waals surface area contributed by atoms with Crippen molar-refractivity contribution in [2.24, 2.45) is 0 Å². The highest BCUT2D eigenvalue weighted by Gasteiger charge is 2.20. The summed E-state index contributed by atoms with van der Waals surface area (Å²) in [5, 5.41) is 10.1. The molecule has 0 saturated carbocycles. The van der Waals surface area contributed by atoms with E-state index in [0.29, 0.717) is 5.82 Å². The van der Waals surface area contributed by atoms with Crippen LogP contribution in [0.1, 0.15) is 0 Å². The molecule has 10 rings (SSSR count). The predicted octanol–water partition coefficient (Wildman–Crippen LogP) is 12.0. The molecule has 0 aliphatic carbocycles. The molecule has 10 aromatic rings. The minimum Gasteiger partial charge on any atom is -0.309 e. The van der Waals surface area contributed by atoms with E-state index < -0.39 is 0 Å². The van der Waals surface area contributed by atoms with Gasteiger partial charge < -0.3 is 4.57 Å². The molecule has 0 fully saturated rings. The summed E-state index contributed by atoms with van der Waals surface area (Å²) < 4.78 is 2.43. The molecule has 8 aromatic carbocycles. The van der Waals surface area contributed by atoms with Gasteiger partial charge in [-0.3, -0.25) is 0 Å². The zero-order valence-corrected chi connectivity index (χ0v) is 26.6. The SMILES string of the molecule is c1ccc(-c2cc(-c3ccccc3)nc(-c3cccc(-n4c5ccccc5c5c6ccc7ccccc7c6c6ccccc6c54)c3)n2)cc1. The van der Waals surface area contributed by atoms with Crippen molar-refractivity contribution in [3.63, 3.8) is 0 Å². The third-order valence-corrected chi connectivity index (χ3v) is 9.75. The van der Waals surface area contributed by atoms with Crippen LogP contribution < -0.4 is 0 Å². The van der Waals surface area contributed by atoms with Gasteiger partial charge in [0.1, 0.15) is 0 Å². The summed E-state index contributed by atoms with van der Waals surface area (Å²) in [5.74, 6) is 0.699. The second-order valence-electron chi connectivity index (χ2n) is 12.6. The molecule has 2 aromatic heterocycles. The Kier molecular flexibility index (Phi) is 6.18. The molecule has 0 saturated heterocycles. The van der Waals surface area contributed by atoms with Crippen LogP contribution in [-0.2, 0) is 0 Å². The van der Waals surface area contributed by atoms with Crippen molar-refractivity contribution < 1.29 is 0 Å². The lowest BCUT2D eigenvalue weighted by Gasteiger charge is -2.14. The van der Waals surface area contributed by atoms with E-state index in [1.54, 1.807) is 0 Å². The van der Waals surface area contributed by atoms with Crippen LogP contribution in [0.2, 0.25) is 0 Å². The molecular weight excluding hydrogens is 595 g/mol. The maximum Gasteiger partial charge on any atom is 0.160 e. The fraction of sp³-hybridized carbons (Fsp3) is 0. The first-order valence-electron chi connectivity index (χ1n) is 16.7. The van der Waals surface area contributed by atoms with Gasteiger partial charge in [-0.15, -0.1) is 0 Å². The Labute approximate surface area is 283 Å². The Bertz CT molecular complexity index is 2810. The maximum atomic E-state index is 5.15. The van der Waals surface area contributed by atoms with Crippen molar-refractivity contribution in [3.05, 3.63) is 176 Å². The fourth-order valence-corrected chi connectivity index (χ4v) is 7.59. The van der Waals surface area contributed by atoms with Crippen LogP contribution in [0, 0.1) is 0 Å². The van der Waals surface area contributed by atoms with Gasteiger partial charge >= 0.3 is 0 Å². The van der Waals surface area contributed by atoms with Crippen LogP contribution in [0.5, 0.6) is 0 Å². The molecule has 0 amide bonds. The van der Waals surface area contributed by atoms with Crippen LogP contribution in [-0.4, -0.2) is 14.5 Å². The summed E-state index contributed by atoms with van der Waals surface area (Å²) in [6.45, 7) is 0. The number of nitrogens with zero attached hydrogens (tertiary/aromatic N) is 3. The van der Waals surface area contributed by atoms with Crippen molar-refractivity contribution >= 4 is 54.1 Å². The number of para-hydroxylation sites is 1. The Balaban J connectivity index is 1.27. The van der Waals surface area contributed by atoms with E-state index in [4.69, 9.17) is 9.97 Å². The molecule has 0 unspecified atom stereocenters. The Hall–Kier alpha value is -6.58. The van der Waals surface area contributed by atoms with Gasteiger partial charge in [-0.2, -0.15) is 0 Å². The van der Waals surface area contributed by atoms with Gasteiger partial charge in [0.05, 0.1) is 22.4 Å². The van der Waals surface area contributed by atoms with Gasteiger partial charge in [0.15, 0.2) is 5.82 Å². The van der Waals surface area contributed by atoms with E-state index in [9.17, 15) is 0 Å². The van der Waals surface area contributed by atoms with E-state index in [2.05, 4.69) is 168 Å². The lowest BCUT2D eigenvalue weighted by atomic mass is 9.93. The normalized spacial score (nSPS) is 11.7. The van der Waals surface area contributed by atoms with Crippen LogP contribution in [0.15, 0.2) is 176 Å². The summed E-state index contributed by atoms with van der Waals surface area (Å²) in [4.78, 5) is 10.3. The molecule has 0 spiro atoms. The van der Waals surface area contributed by atoms with Gasteiger partial charge in [-0.05, 0) is 51.2 Å². The number of hydrogen-bond acceptors (Lipinski definition) is 2. The standard InChI is InChI=1S/C46H29N3/c1-3-15-31(16-4-1)40-29-41(32-17-5-2-6-18-32)48-46(47-40)33-19-13-20-34(28-33)49-42-25-12-11-24-38(42)44-39-27-26-30-14-7-8-21-35(30)43(39)36-22-9-10-23-37(36)45(44)49/h1-29H. The number of benzene rings is 8. The second-order valence-corrected chi connectivity index (χ2v) is 12.6. The molecule has 0 aliphatic heterocycles. The predicted molar refractivity (Wildman–Crippen MR) is 205 cm³/mol. The number of aromatic nitrogens is 3. The summed E-state index contributed by atoms with van der Waals surface area (Å²) in [6, 6.07) is 62.5. The third kappa shape index (κ3) is 4.37. The van der Waals surface area contributed by atoms with Gasteiger partial charge in [-0.1, -0.05) is 152 Å². The first-order valence-corrected chi connectivity index (χ1v) is 16.7. The van der Waals surface area contributed by atoms with Gasteiger partial charge in [-0.25, -0.2) is 9.97 Å². The van der Waals surface area contributed by atoms with Gasteiger partial charge in [0.2, 0.25) is 0 Å². The minimum atomic E-state index is 0.699. The Morgan fingerprint density at radius 2 is 0.959 bits per heavy atom. The highest BCUT2D eigenvalue weighted by molar-refractivity contribution is 6.36. The molecule has 3 heteroatoms. The summed E-state index contributed by atoms with van der Waals surface area (Å²) >= 11 is 0. The number of hydrogen-bond donors (Lipinski definition) is 0. The molecule has 2 heterocycles. The molecular formula is C46H29N3. The lowest BCUT2D eigenvalue weighted by Crippen LogP contribution is -1.98. The highest BCUT2D eigenvalue weighted by atomic mass is 15.0. The highest BCUT2D eigenvalue weighted by Crippen LogP contribution is 2.44. The number of rotatable bonds is 4. The van der Waals surface area contributed by atoms with Crippen molar-refractivity contribution in [1.29, 1.82) is 0 Å². The van der Waals surface area contributed by atoms with E-state index >= 15 is 0 Å². The Morgan fingerprint density at radius 1 is 0.367 bits per heavy atom. The Morgan fingerprint density at radius 3 is 1.69 bits per heavy atom. The topological polar surface area (TPSA) is 30.7 Å². The summed E-state index contributed by atoms with van der Waals surface area (Å²) in [6.07, 6.45) is 0. The third-order valence-electron chi connectivity index (χ3n) is 9.75. The number of fused-ring (bicyclic) bond motifs is 10. The average molecular weight is 624 g/mol. The van der Waals surface area contributed by atoms with Crippen molar-refractivity contribution in [3.8, 4) is 39.6 Å². The van der Waals surface area contributed by atoms with Crippen molar-refractivity contribution in [1.82, 2.24) is 14.5 Å². The molecule has 0 aliphatic rings. The average Bonchev–Trinajstić information content (AvgIpc) is 3.54. The first kappa shape index (κ1) is 27.5. The molecule has 0 radical (unpaired) electrons. The van der Waals surface area contributed by atoms with Crippen molar-refractivity contribution in [2.45, 2.75) is 0 Å². The monoisotopic (exact) mass is 623 g/mol. The van der Waals surface area contributed by atoms with E-state index in [1.165, 1.54) is 54.1 Å².